The van der Waals surface area contributed by atoms with Gasteiger partial charge in [0.2, 0.25) is 0 Å². The molecule has 0 aliphatic heterocycles. The Morgan fingerprint density at radius 3 is 2.11 bits per heavy atom. The van der Waals surface area contributed by atoms with Crippen molar-refractivity contribution < 1.29 is 5.11 Å². The van der Waals surface area contributed by atoms with Gasteiger partial charge in [0, 0.05) is 28.2 Å². The van der Waals surface area contributed by atoms with Crippen LogP contribution in [0.2, 0.25) is 0 Å². The molecule has 0 amide bonds. The van der Waals surface area contributed by atoms with E-state index in [4.69, 9.17) is 0 Å². The number of aliphatic hydroxyl groups is 1. The molecular formula is C14H29N3O. The van der Waals surface area contributed by atoms with Crippen LogP contribution in [-0.4, -0.2) is 61.2 Å². The molecule has 18 heavy (non-hydrogen) atoms. The first-order chi connectivity index (χ1) is 8.15. The van der Waals surface area contributed by atoms with Crippen molar-refractivity contribution in [2.24, 2.45) is 10.4 Å². The Morgan fingerprint density at radius 1 is 1.11 bits per heavy atom. The zero-order valence-electron chi connectivity index (χ0n) is 12.8. The highest BCUT2D eigenvalue weighted by Crippen LogP contribution is 2.41. The molecule has 1 aliphatic carbocycles. The van der Waals surface area contributed by atoms with E-state index in [2.05, 4.69) is 18.8 Å². The largest absolute Gasteiger partial charge is 0.388 e. The fourth-order valence-electron chi connectivity index (χ4n) is 3.00. The number of rotatable bonds is 2. The Morgan fingerprint density at radius 2 is 1.67 bits per heavy atom. The molecule has 4 heteroatoms. The molecule has 0 aromatic rings. The van der Waals surface area contributed by atoms with Gasteiger partial charge in [0.25, 0.3) is 0 Å². The minimum absolute atomic E-state index is 0.235. The van der Waals surface area contributed by atoms with Crippen molar-refractivity contribution in [1.82, 2.24) is 9.80 Å². The molecule has 4 nitrogen and oxygen atoms in total. The molecule has 106 valence electrons. The fourth-order valence-corrected chi connectivity index (χ4v) is 3.00. The maximum Gasteiger partial charge on any atom is 0.195 e. The molecule has 1 unspecified atom stereocenters. The van der Waals surface area contributed by atoms with Gasteiger partial charge >= 0.3 is 0 Å². The van der Waals surface area contributed by atoms with E-state index in [1.807, 2.05) is 38.0 Å². The van der Waals surface area contributed by atoms with E-state index in [-0.39, 0.29) is 5.41 Å². The highest BCUT2D eigenvalue weighted by atomic mass is 16.3. The molecule has 0 bridgehead atoms. The third-order valence-electron chi connectivity index (χ3n) is 3.62. The smallest absolute Gasteiger partial charge is 0.195 e. The molecule has 1 rings (SSSR count). The molecule has 0 radical (unpaired) electrons. The third kappa shape index (κ3) is 4.16. The van der Waals surface area contributed by atoms with E-state index in [0.29, 0.717) is 6.54 Å². The van der Waals surface area contributed by atoms with Crippen LogP contribution in [0, 0.1) is 5.41 Å². The molecule has 0 heterocycles. The van der Waals surface area contributed by atoms with Gasteiger partial charge in [0.05, 0.1) is 12.1 Å². The van der Waals surface area contributed by atoms with Crippen molar-refractivity contribution in [3.63, 3.8) is 0 Å². The van der Waals surface area contributed by atoms with Crippen LogP contribution in [0.1, 0.15) is 39.5 Å². The molecular weight excluding hydrogens is 226 g/mol. The lowest BCUT2D eigenvalue weighted by Crippen LogP contribution is -2.43. The molecule has 1 aliphatic rings. The van der Waals surface area contributed by atoms with Crippen molar-refractivity contribution in [2.45, 2.75) is 45.1 Å². The van der Waals surface area contributed by atoms with Gasteiger partial charge < -0.3 is 14.9 Å². The Bertz CT molecular complexity index is 300. The van der Waals surface area contributed by atoms with Crippen LogP contribution in [0.15, 0.2) is 4.99 Å². The Labute approximate surface area is 112 Å². The van der Waals surface area contributed by atoms with Crippen molar-refractivity contribution in [2.75, 3.05) is 34.7 Å². The van der Waals surface area contributed by atoms with Gasteiger partial charge in [-0.2, -0.15) is 0 Å². The molecule has 0 aromatic carbocycles. The van der Waals surface area contributed by atoms with Crippen molar-refractivity contribution in [3.8, 4) is 0 Å². The minimum atomic E-state index is -0.626. The number of guanidine groups is 1. The van der Waals surface area contributed by atoms with Gasteiger partial charge in [0.1, 0.15) is 0 Å². The standard InChI is InChI=1S/C14H29N3O/c1-13(2)8-7-9-14(18,10-13)11-15-12(16(3)4)17(5)6/h18H,7-11H2,1-6H3. The number of hydrogen-bond acceptors (Lipinski definition) is 2. The Balaban J connectivity index is 2.73. The van der Waals surface area contributed by atoms with E-state index >= 15 is 0 Å². The van der Waals surface area contributed by atoms with Gasteiger partial charge in [-0.05, 0) is 31.1 Å². The quantitative estimate of drug-likeness (QED) is 0.604. The summed E-state index contributed by atoms with van der Waals surface area (Å²) in [6.45, 7) is 4.97. The molecule has 0 aromatic heterocycles. The first-order valence-corrected chi connectivity index (χ1v) is 6.77. The molecule has 1 fully saturated rings. The SMILES string of the molecule is CN(C)C(=NCC1(O)CCCC(C)(C)C1)N(C)C. The maximum atomic E-state index is 10.7. The highest BCUT2D eigenvalue weighted by Gasteiger charge is 2.38. The molecule has 1 atom stereocenters. The van der Waals surface area contributed by atoms with E-state index < -0.39 is 5.60 Å². The summed E-state index contributed by atoms with van der Waals surface area (Å²) in [5, 5.41) is 10.7. The number of aliphatic imine (C=N–C) groups is 1. The lowest BCUT2D eigenvalue weighted by Gasteiger charge is -2.41. The maximum absolute atomic E-state index is 10.7. The highest BCUT2D eigenvalue weighted by molar-refractivity contribution is 5.79. The summed E-state index contributed by atoms with van der Waals surface area (Å²) >= 11 is 0. The van der Waals surface area contributed by atoms with Crippen LogP contribution in [-0.2, 0) is 0 Å². The van der Waals surface area contributed by atoms with Crippen LogP contribution in [0.4, 0.5) is 0 Å². The topological polar surface area (TPSA) is 39.1 Å². The zero-order valence-corrected chi connectivity index (χ0v) is 12.8. The molecule has 0 spiro atoms. The molecule has 0 saturated heterocycles. The molecule has 1 N–H and O–H groups in total. The average Bonchev–Trinajstić information content (AvgIpc) is 2.13. The second-order valence-electron chi connectivity index (χ2n) is 6.82. The van der Waals surface area contributed by atoms with Crippen LogP contribution in [0.3, 0.4) is 0 Å². The second-order valence-corrected chi connectivity index (χ2v) is 6.82. The summed E-state index contributed by atoms with van der Waals surface area (Å²) in [5.41, 5.74) is -0.391. The van der Waals surface area contributed by atoms with Gasteiger partial charge in [-0.25, -0.2) is 4.99 Å². The van der Waals surface area contributed by atoms with Crippen LogP contribution < -0.4 is 0 Å². The van der Waals surface area contributed by atoms with Crippen LogP contribution in [0.5, 0.6) is 0 Å². The van der Waals surface area contributed by atoms with Crippen LogP contribution >= 0.6 is 0 Å². The van der Waals surface area contributed by atoms with E-state index in [0.717, 1.165) is 25.2 Å². The first-order valence-electron chi connectivity index (χ1n) is 6.77. The van der Waals surface area contributed by atoms with Crippen molar-refractivity contribution in [1.29, 1.82) is 0 Å². The van der Waals surface area contributed by atoms with E-state index in [1.165, 1.54) is 6.42 Å². The fraction of sp³-hybridized carbons (Fsp3) is 0.929. The van der Waals surface area contributed by atoms with Gasteiger partial charge in [-0.3, -0.25) is 0 Å². The minimum Gasteiger partial charge on any atom is -0.388 e. The van der Waals surface area contributed by atoms with Gasteiger partial charge in [-0.15, -0.1) is 0 Å². The number of hydrogen-bond donors (Lipinski definition) is 1. The Kier molecular flexibility index (Phi) is 4.65. The average molecular weight is 255 g/mol. The predicted octanol–water partition coefficient (Wildman–Crippen LogP) is 1.80. The van der Waals surface area contributed by atoms with Crippen molar-refractivity contribution in [3.05, 3.63) is 0 Å². The van der Waals surface area contributed by atoms with E-state index in [1.54, 1.807) is 0 Å². The summed E-state index contributed by atoms with van der Waals surface area (Å²) in [6.07, 6.45) is 4.01. The first kappa shape index (κ1) is 15.3. The summed E-state index contributed by atoms with van der Waals surface area (Å²) in [4.78, 5) is 8.57. The van der Waals surface area contributed by atoms with Gasteiger partial charge in [0.15, 0.2) is 5.96 Å². The van der Waals surface area contributed by atoms with Crippen LogP contribution in [0.25, 0.3) is 0 Å². The number of nitrogens with zero attached hydrogens (tertiary/aromatic N) is 3. The van der Waals surface area contributed by atoms with Crippen molar-refractivity contribution >= 4 is 5.96 Å². The van der Waals surface area contributed by atoms with E-state index in [9.17, 15) is 5.11 Å². The molecule has 1 saturated carbocycles. The summed E-state index contributed by atoms with van der Waals surface area (Å²) in [5.74, 6) is 0.909. The van der Waals surface area contributed by atoms with Gasteiger partial charge in [-0.1, -0.05) is 13.8 Å². The lowest BCUT2D eigenvalue weighted by atomic mass is 9.70. The monoisotopic (exact) mass is 255 g/mol. The normalized spacial score (nSPS) is 26.6. The predicted molar refractivity (Wildman–Crippen MR) is 76.9 cm³/mol. The zero-order chi connectivity index (χ0) is 14.0. The summed E-state index contributed by atoms with van der Waals surface area (Å²) < 4.78 is 0. The lowest BCUT2D eigenvalue weighted by molar-refractivity contribution is -0.0309. The summed E-state index contributed by atoms with van der Waals surface area (Å²) in [7, 11) is 7.92. The second kappa shape index (κ2) is 5.47. The summed E-state index contributed by atoms with van der Waals surface area (Å²) in [6, 6.07) is 0. The Hall–Kier alpha value is -0.770. The third-order valence-corrected chi connectivity index (χ3v) is 3.62.